The molecule has 1 aliphatic rings. The van der Waals surface area contributed by atoms with Crippen LogP contribution < -0.4 is 5.56 Å². The molecule has 0 unspecified atom stereocenters. The number of benzene rings is 1. The number of rotatable bonds is 4. The van der Waals surface area contributed by atoms with Gasteiger partial charge in [0.15, 0.2) is 0 Å². The third kappa shape index (κ3) is 4.12. The average Bonchev–Trinajstić information content (AvgIpc) is 3.16. The molecule has 3 heterocycles. The molecule has 1 saturated heterocycles. The number of pyridine rings is 1. The van der Waals surface area contributed by atoms with Crippen LogP contribution in [0.4, 0.5) is 0 Å². The lowest BCUT2D eigenvalue weighted by atomic mass is 10.1. The molecule has 0 saturated carbocycles. The van der Waals surface area contributed by atoms with Crippen molar-refractivity contribution in [3.8, 4) is 0 Å². The van der Waals surface area contributed by atoms with E-state index in [1.807, 2.05) is 40.6 Å². The van der Waals surface area contributed by atoms with E-state index in [9.17, 15) is 9.59 Å². The van der Waals surface area contributed by atoms with E-state index in [0.717, 1.165) is 47.5 Å². The molecule has 1 amide bonds. The summed E-state index contributed by atoms with van der Waals surface area (Å²) in [6.07, 6.45) is 0.487. The van der Waals surface area contributed by atoms with Gasteiger partial charge in [0.1, 0.15) is 0 Å². The first-order valence-corrected chi connectivity index (χ1v) is 10.1. The van der Waals surface area contributed by atoms with Crippen molar-refractivity contribution in [2.24, 2.45) is 0 Å². The van der Waals surface area contributed by atoms with E-state index >= 15 is 0 Å². The second-order valence-corrected chi connectivity index (χ2v) is 8.16. The van der Waals surface area contributed by atoms with Crippen LogP contribution in [0.5, 0.6) is 0 Å². The number of piperazine rings is 1. The van der Waals surface area contributed by atoms with Crippen molar-refractivity contribution < 1.29 is 4.79 Å². The molecule has 5 nitrogen and oxygen atoms in total. The van der Waals surface area contributed by atoms with Crippen LogP contribution >= 0.6 is 11.3 Å². The maximum atomic E-state index is 12.4. The third-order valence-corrected chi connectivity index (χ3v) is 5.98. The van der Waals surface area contributed by atoms with Crippen LogP contribution in [-0.2, 0) is 17.8 Å². The fourth-order valence-corrected chi connectivity index (χ4v) is 4.25. The van der Waals surface area contributed by atoms with Gasteiger partial charge in [0.2, 0.25) is 5.91 Å². The highest BCUT2D eigenvalue weighted by Crippen LogP contribution is 2.16. The summed E-state index contributed by atoms with van der Waals surface area (Å²) in [7, 11) is 0. The molecule has 6 heteroatoms. The van der Waals surface area contributed by atoms with E-state index in [0.29, 0.717) is 13.0 Å². The molecule has 0 radical (unpaired) electrons. The monoisotopic (exact) mass is 381 g/mol. The quantitative estimate of drug-likeness (QED) is 0.756. The number of amides is 1. The van der Waals surface area contributed by atoms with E-state index in [1.165, 1.54) is 5.56 Å². The predicted octanol–water partition coefficient (Wildman–Crippen LogP) is 2.78. The van der Waals surface area contributed by atoms with E-state index in [1.54, 1.807) is 11.3 Å². The normalized spacial score (nSPS) is 15.4. The maximum absolute atomic E-state index is 12.4. The number of aromatic amines is 1. The van der Waals surface area contributed by atoms with Crippen LogP contribution in [0.15, 0.2) is 46.6 Å². The summed E-state index contributed by atoms with van der Waals surface area (Å²) in [4.78, 5) is 33.1. The largest absolute Gasteiger partial charge is 0.340 e. The minimum atomic E-state index is -0.0254. The summed E-state index contributed by atoms with van der Waals surface area (Å²) < 4.78 is 0. The molecule has 3 aromatic rings. The minimum Gasteiger partial charge on any atom is -0.340 e. The van der Waals surface area contributed by atoms with Crippen molar-refractivity contribution >= 4 is 28.1 Å². The first-order valence-electron chi connectivity index (χ1n) is 9.23. The number of carbonyl (C=O) groups excluding carboxylic acids is 1. The Morgan fingerprint density at radius 2 is 1.96 bits per heavy atom. The first-order chi connectivity index (χ1) is 13.1. The number of aromatic nitrogens is 1. The number of thiophene rings is 1. The molecule has 0 spiro atoms. The number of fused-ring (bicyclic) bond motifs is 1. The number of hydrogen-bond donors (Lipinski definition) is 1. The molecule has 27 heavy (non-hydrogen) atoms. The predicted molar refractivity (Wildman–Crippen MR) is 109 cm³/mol. The van der Waals surface area contributed by atoms with Crippen molar-refractivity contribution in [2.45, 2.75) is 19.9 Å². The van der Waals surface area contributed by atoms with Gasteiger partial charge in [0.25, 0.3) is 5.56 Å². The van der Waals surface area contributed by atoms with E-state index in [4.69, 9.17) is 0 Å². The fraction of sp³-hybridized carbons (Fsp3) is 0.333. The van der Waals surface area contributed by atoms with Crippen molar-refractivity contribution in [2.75, 3.05) is 26.2 Å². The zero-order valence-corrected chi connectivity index (χ0v) is 16.2. The molecular formula is C21H23N3O2S. The Labute approximate surface area is 162 Å². The van der Waals surface area contributed by atoms with Gasteiger partial charge in [-0.2, -0.15) is 0 Å². The summed E-state index contributed by atoms with van der Waals surface area (Å²) in [5, 5.41) is 3.07. The molecule has 0 bridgehead atoms. The Kier molecular flexibility index (Phi) is 5.09. The van der Waals surface area contributed by atoms with Crippen molar-refractivity contribution in [3.63, 3.8) is 0 Å². The van der Waals surface area contributed by atoms with Gasteiger partial charge >= 0.3 is 0 Å². The molecule has 140 valence electrons. The highest BCUT2D eigenvalue weighted by atomic mass is 32.1. The second-order valence-electron chi connectivity index (χ2n) is 7.13. The first kappa shape index (κ1) is 17.9. The summed E-state index contributed by atoms with van der Waals surface area (Å²) >= 11 is 1.62. The van der Waals surface area contributed by atoms with Crippen LogP contribution in [0, 0.1) is 6.92 Å². The van der Waals surface area contributed by atoms with Gasteiger partial charge in [-0.05, 0) is 42.0 Å². The Bertz CT molecular complexity index is 1000. The summed E-state index contributed by atoms with van der Waals surface area (Å²) in [5.41, 5.74) is 2.81. The molecule has 0 atom stereocenters. The lowest BCUT2D eigenvalue weighted by molar-refractivity contribution is -0.132. The van der Waals surface area contributed by atoms with Crippen molar-refractivity contribution in [1.82, 2.24) is 14.8 Å². The lowest BCUT2D eigenvalue weighted by Gasteiger charge is -2.34. The van der Waals surface area contributed by atoms with Gasteiger partial charge in [0, 0.05) is 48.7 Å². The van der Waals surface area contributed by atoms with Gasteiger partial charge in [-0.3, -0.25) is 14.5 Å². The van der Waals surface area contributed by atoms with Crippen LogP contribution in [0.3, 0.4) is 0 Å². The second kappa shape index (κ2) is 7.66. The van der Waals surface area contributed by atoms with E-state index in [2.05, 4.69) is 22.9 Å². The maximum Gasteiger partial charge on any atom is 0.252 e. The Morgan fingerprint density at radius 1 is 1.15 bits per heavy atom. The molecule has 4 rings (SSSR count). The smallest absolute Gasteiger partial charge is 0.252 e. The Balaban J connectivity index is 1.39. The van der Waals surface area contributed by atoms with Crippen LogP contribution in [-0.4, -0.2) is 46.9 Å². The van der Waals surface area contributed by atoms with E-state index < -0.39 is 0 Å². The Hall–Kier alpha value is -2.44. The zero-order chi connectivity index (χ0) is 18.8. The molecule has 1 aromatic carbocycles. The minimum absolute atomic E-state index is 0.0254. The van der Waals surface area contributed by atoms with Crippen LogP contribution in [0.1, 0.15) is 16.0 Å². The fourth-order valence-electron chi connectivity index (χ4n) is 3.56. The SMILES string of the molecule is Cc1ccc2[nH]c(=O)c(CN3CCN(C(=O)Cc4cccs4)CC3)cc2c1. The van der Waals surface area contributed by atoms with Crippen molar-refractivity contribution in [3.05, 3.63) is 68.1 Å². The molecule has 1 N–H and O–H groups in total. The zero-order valence-electron chi connectivity index (χ0n) is 15.4. The average molecular weight is 382 g/mol. The van der Waals surface area contributed by atoms with Gasteiger partial charge in [0.05, 0.1) is 6.42 Å². The van der Waals surface area contributed by atoms with Gasteiger partial charge in [-0.15, -0.1) is 11.3 Å². The van der Waals surface area contributed by atoms with Gasteiger partial charge in [-0.1, -0.05) is 17.7 Å². The topological polar surface area (TPSA) is 56.4 Å². The number of carbonyl (C=O) groups is 1. The number of hydrogen-bond acceptors (Lipinski definition) is 4. The number of nitrogens with one attached hydrogen (secondary N) is 1. The highest BCUT2D eigenvalue weighted by Gasteiger charge is 2.22. The van der Waals surface area contributed by atoms with Gasteiger partial charge in [-0.25, -0.2) is 0 Å². The molecule has 1 aliphatic heterocycles. The summed E-state index contributed by atoms with van der Waals surface area (Å²) in [6.45, 7) is 5.69. The van der Waals surface area contributed by atoms with Crippen LogP contribution in [0.25, 0.3) is 10.9 Å². The van der Waals surface area contributed by atoms with Gasteiger partial charge < -0.3 is 9.88 Å². The number of H-pyrrole nitrogens is 1. The van der Waals surface area contributed by atoms with Crippen LogP contribution in [0.2, 0.25) is 0 Å². The third-order valence-electron chi connectivity index (χ3n) is 5.10. The molecule has 2 aromatic heterocycles. The standard InChI is InChI=1S/C21H23N3O2S/c1-15-4-5-19-16(11-15)12-17(21(26)22-19)14-23-6-8-24(9-7-23)20(25)13-18-3-2-10-27-18/h2-5,10-12H,6-9,13-14H2,1H3,(H,22,26). The lowest BCUT2D eigenvalue weighted by Crippen LogP contribution is -2.49. The highest BCUT2D eigenvalue weighted by molar-refractivity contribution is 7.10. The Morgan fingerprint density at radius 3 is 2.70 bits per heavy atom. The van der Waals surface area contributed by atoms with Crippen molar-refractivity contribution in [1.29, 1.82) is 0 Å². The number of aryl methyl sites for hydroxylation is 1. The molecular weight excluding hydrogens is 358 g/mol. The molecule has 0 aliphatic carbocycles. The summed E-state index contributed by atoms with van der Waals surface area (Å²) in [5.74, 6) is 0.191. The van der Waals surface area contributed by atoms with E-state index in [-0.39, 0.29) is 11.5 Å². The number of nitrogens with zero attached hydrogens (tertiary/aromatic N) is 2. The summed E-state index contributed by atoms with van der Waals surface area (Å²) in [6, 6.07) is 12.0. The molecule has 1 fully saturated rings.